The number of aliphatic hydroxyl groups excluding tert-OH is 1. The minimum absolute atomic E-state index is 0.00792. The summed E-state index contributed by atoms with van der Waals surface area (Å²) < 4.78 is 5.53. The molecule has 0 saturated carbocycles. The Bertz CT molecular complexity index is 424. The van der Waals surface area contributed by atoms with Crippen LogP contribution < -0.4 is 10.6 Å². The van der Waals surface area contributed by atoms with Crippen LogP contribution in [0.15, 0.2) is 6.20 Å². The molecule has 2 rings (SSSR count). The third-order valence-electron chi connectivity index (χ3n) is 2.98. The number of carbonyl (C=O) groups is 1. The Morgan fingerprint density at radius 3 is 2.95 bits per heavy atom. The van der Waals surface area contributed by atoms with Gasteiger partial charge in [-0.25, -0.2) is 9.78 Å². The first-order valence-electron chi connectivity index (χ1n) is 6.36. The molecule has 1 fully saturated rings. The van der Waals surface area contributed by atoms with Gasteiger partial charge >= 0.3 is 6.03 Å². The number of nitrogens with one attached hydrogen (secondary N) is 2. The molecule has 2 atom stereocenters. The molecule has 0 radical (unpaired) electrons. The summed E-state index contributed by atoms with van der Waals surface area (Å²) in [5, 5.41) is 15.5. The van der Waals surface area contributed by atoms with E-state index in [1.165, 1.54) is 0 Å². The van der Waals surface area contributed by atoms with E-state index in [1.54, 1.807) is 17.5 Å². The Balaban J connectivity index is 1.62. The molecular weight excluding hydrogens is 266 g/mol. The molecule has 1 saturated heterocycles. The second kappa shape index (κ2) is 6.83. The van der Waals surface area contributed by atoms with Gasteiger partial charge in [-0.1, -0.05) is 0 Å². The van der Waals surface area contributed by atoms with Crippen molar-refractivity contribution in [2.24, 2.45) is 0 Å². The lowest BCUT2D eigenvalue weighted by Gasteiger charge is -2.13. The first-order valence-corrected chi connectivity index (χ1v) is 7.18. The molecule has 0 bridgehead atoms. The SMILES string of the molecule is Cc1ncc(CNC(=O)NC[C@H]2CC[C@@H](CO)O2)s1. The summed E-state index contributed by atoms with van der Waals surface area (Å²) in [6.07, 6.45) is 3.43. The molecule has 106 valence electrons. The number of nitrogens with zero attached hydrogens (tertiary/aromatic N) is 1. The van der Waals surface area contributed by atoms with Gasteiger partial charge in [0.1, 0.15) is 0 Å². The van der Waals surface area contributed by atoms with Gasteiger partial charge in [-0.15, -0.1) is 11.3 Å². The maximum absolute atomic E-state index is 11.6. The molecule has 1 aromatic heterocycles. The number of aliphatic hydroxyl groups is 1. The van der Waals surface area contributed by atoms with E-state index < -0.39 is 0 Å². The van der Waals surface area contributed by atoms with Crippen LogP contribution >= 0.6 is 11.3 Å². The predicted octanol–water partition coefficient (Wildman–Crippen LogP) is 0.791. The van der Waals surface area contributed by atoms with Crippen LogP contribution in [0.4, 0.5) is 4.79 Å². The minimum atomic E-state index is -0.206. The molecule has 0 aromatic carbocycles. The molecular formula is C12H19N3O3S. The first kappa shape index (κ1) is 14.2. The average molecular weight is 285 g/mol. The van der Waals surface area contributed by atoms with Crippen LogP contribution in [0.5, 0.6) is 0 Å². The highest BCUT2D eigenvalue weighted by Gasteiger charge is 2.24. The number of aryl methyl sites for hydroxylation is 1. The number of aromatic nitrogens is 1. The molecule has 1 aromatic rings. The van der Waals surface area contributed by atoms with Crippen molar-refractivity contribution in [1.29, 1.82) is 0 Å². The fraction of sp³-hybridized carbons (Fsp3) is 0.667. The number of urea groups is 1. The van der Waals surface area contributed by atoms with Gasteiger partial charge in [0, 0.05) is 17.6 Å². The summed E-state index contributed by atoms with van der Waals surface area (Å²) in [5.74, 6) is 0. The summed E-state index contributed by atoms with van der Waals surface area (Å²) in [4.78, 5) is 16.7. The van der Waals surface area contributed by atoms with Gasteiger partial charge < -0.3 is 20.5 Å². The lowest BCUT2D eigenvalue weighted by molar-refractivity contribution is 0.0134. The van der Waals surface area contributed by atoms with Crippen molar-refractivity contribution in [3.05, 3.63) is 16.1 Å². The molecule has 2 amide bonds. The van der Waals surface area contributed by atoms with E-state index in [2.05, 4.69) is 15.6 Å². The van der Waals surface area contributed by atoms with Gasteiger partial charge in [-0.05, 0) is 19.8 Å². The average Bonchev–Trinajstić information content (AvgIpc) is 3.02. The largest absolute Gasteiger partial charge is 0.394 e. The van der Waals surface area contributed by atoms with Crippen molar-refractivity contribution in [3.8, 4) is 0 Å². The number of amides is 2. The van der Waals surface area contributed by atoms with E-state index in [-0.39, 0.29) is 24.8 Å². The van der Waals surface area contributed by atoms with E-state index in [0.29, 0.717) is 13.1 Å². The third-order valence-corrected chi connectivity index (χ3v) is 3.89. The highest BCUT2D eigenvalue weighted by Crippen LogP contribution is 2.18. The molecule has 3 N–H and O–H groups in total. The van der Waals surface area contributed by atoms with Crippen LogP contribution in [-0.2, 0) is 11.3 Å². The van der Waals surface area contributed by atoms with Gasteiger partial charge in [-0.2, -0.15) is 0 Å². The van der Waals surface area contributed by atoms with Crippen LogP contribution in [0, 0.1) is 6.92 Å². The van der Waals surface area contributed by atoms with E-state index >= 15 is 0 Å². The van der Waals surface area contributed by atoms with Crippen molar-refractivity contribution in [2.75, 3.05) is 13.2 Å². The molecule has 7 heteroatoms. The summed E-state index contributed by atoms with van der Waals surface area (Å²) in [6.45, 7) is 2.95. The number of carbonyl (C=O) groups excluding carboxylic acids is 1. The van der Waals surface area contributed by atoms with Gasteiger partial charge in [-0.3, -0.25) is 0 Å². The zero-order chi connectivity index (χ0) is 13.7. The van der Waals surface area contributed by atoms with Gasteiger partial charge in [0.2, 0.25) is 0 Å². The van der Waals surface area contributed by atoms with Crippen LogP contribution in [0.3, 0.4) is 0 Å². The molecule has 2 heterocycles. The monoisotopic (exact) mass is 285 g/mol. The van der Waals surface area contributed by atoms with E-state index in [9.17, 15) is 4.79 Å². The van der Waals surface area contributed by atoms with E-state index in [0.717, 1.165) is 22.7 Å². The lowest BCUT2D eigenvalue weighted by Crippen LogP contribution is -2.39. The Hall–Kier alpha value is -1.18. The first-order chi connectivity index (χ1) is 9.17. The van der Waals surface area contributed by atoms with Crippen LogP contribution in [0.2, 0.25) is 0 Å². The standard InChI is InChI=1S/C12H19N3O3S/c1-8-13-5-11(19-8)6-15-12(17)14-4-9-2-3-10(7-16)18-9/h5,9-10,16H,2-4,6-7H2,1H3,(H2,14,15,17)/t9-,10+/m1/s1. The predicted molar refractivity (Wildman–Crippen MR) is 72.1 cm³/mol. The Kier molecular flexibility index (Phi) is 5.12. The topological polar surface area (TPSA) is 83.5 Å². The van der Waals surface area contributed by atoms with Crippen molar-refractivity contribution in [3.63, 3.8) is 0 Å². The normalized spacial score (nSPS) is 22.4. The Labute approximate surface area is 116 Å². The van der Waals surface area contributed by atoms with Crippen molar-refractivity contribution in [1.82, 2.24) is 15.6 Å². The second-order valence-electron chi connectivity index (χ2n) is 4.55. The lowest BCUT2D eigenvalue weighted by atomic mass is 10.2. The van der Waals surface area contributed by atoms with Crippen LogP contribution in [0.1, 0.15) is 22.7 Å². The summed E-state index contributed by atoms with van der Waals surface area (Å²) in [7, 11) is 0. The van der Waals surface area contributed by atoms with Gasteiger partial charge in [0.25, 0.3) is 0 Å². The number of hydrogen-bond donors (Lipinski definition) is 3. The molecule has 0 aliphatic carbocycles. The van der Waals surface area contributed by atoms with Crippen molar-refractivity contribution in [2.45, 2.75) is 38.5 Å². The Morgan fingerprint density at radius 2 is 2.32 bits per heavy atom. The Morgan fingerprint density at radius 1 is 1.53 bits per heavy atom. The molecule has 1 aliphatic rings. The van der Waals surface area contributed by atoms with Crippen LogP contribution in [-0.4, -0.2) is 41.5 Å². The maximum Gasteiger partial charge on any atom is 0.315 e. The van der Waals surface area contributed by atoms with E-state index in [4.69, 9.17) is 9.84 Å². The number of ether oxygens (including phenoxy) is 1. The highest BCUT2D eigenvalue weighted by atomic mass is 32.1. The smallest absolute Gasteiger partial charge is 0.315 e. The van der Waals surface area contributed by atoms with Crippen molar-refractivity contribution >= 4 is 17.4 Å². The molecule has 19 heavy (non-hydrogen) atoms. The van der Waals surface area contributed by atoms with Crippen LogP contribution in [0.25, 0.3) is 0 Å². The maximum atomic E-state index is 11.6. The fourth-order valence-corrected chi connectivity index (χ4v) is 2.72. The van der Waals surface area contributed by atoms with Crippen molar-refractivity contribution < 1.29 is 14.6 Å². The quantitative estimate of drug-likeness (QED) is 0.747. The molecule has 1 aliphatic heterocycles. The summed E-state index contributed by atoms with van der Waals surface area (Å²) in [5.41, 5.74) is 0. The zero-order valence-corrected chi connectivity index (χ0v) is 11.7. The fourth-order valence-electron chi connectivity index (χ4n) is 1.99. The second-order valence-corrected chi connectivity index (χ2v) is 5.87. The highest BCUT2D eigenvalue weighted by molar-refractivity contribution is 7.11. The minimum Gasteiger partial charge on any atom is -0.394 e. The number of rotatable bonds is 5. The summed E-state index contributed by atoms with van der Waals surface area (Å²) >= 11 is 1.57. The molecule has 0 spiro atoms. The van der Waals surface area contributed by atoms with Gasteiger partial charge in [0.05, 0.1) is 30.4 Å². The number of hydrogen-bond acceptors (Lipinski definition) is 5. The molecule has 6 nitrogen and oxygen atoms in total. The third kappa shape index (κ3) is 4.45. The molecule has 0 unspecified atom stereocenters. The van der Waals surface area contributed by atoms with Gasteiger partial charge in [0.15, 0.2) is 0 Å². The van der Waals surface area contributed by atoms with E-state index in [1.807, 2.05) is 6.92 Å². The number of thiazole rings is 1. The zero-order valence-electron chi connectivity index (χ0n) is 10.9. The summed E-state index contributed by atoms with van der Waals surface area (Å²) in [6, 6.07) is -0.206.